The molecule has 0 aliphatic heterocycles. The second-order valence-corrected chi connectivity index (χ2v) is 5.09. The van der Waals surface area contributed by atoms with Gasteiger partial charge < -0.3 is 4.74 Å². The second-order valence-electron chi connectivity index (χ2n) is 5.09. The van der Waals surface area contributed by atoms with Gasteiger partial charge in [0.25, 0.3) is 0 Å². The van der Waals surface area contributed by atoms with Crippen LogP contribution in [0.2, 0.25) is 0 Å². The number of hydrogen-bond acceptors (Lipinski definition) is 5. The molecule has 0 atom stereocenters. The summed E-state index contributed by atoms with van der Waals surface area (Å²) >= 11 is 0. The van der Waals surface area contributed by atoms with Gasteiger partial charge in [0.05, 0.1) is 19.2 Å². The number of methoxy groups -OCH3 is 1. The zero-order chi connectivity index (χ0) is 16.8. The van der Waals surface area contributed by atoms with E-state index in [1.165, 1.54) is 0 Å². The van der Waals surface area contributed by atoms with Gasteiger partial charge in [0.2, 0.25) is 0 Å². The minimum absolute atomic E-state index is 0.416. The van der Waals surface area contributed by atoms with Crippen LogP contribution in [0.25, 0.3) is 11.6 Å². The SMILES string of the molecule is COc1ccc(Cn2nnnc2C(C#N)=Cc2ccccc2)cc1. The zero-order valence-electron chi connectivity index (χ0n) is 13.1. The van der Waals surface area contributed by atoms with Crippen molar-refractivity contribution in [1.82, 2.24) is 20.2 Å². The van der Waals surface area contributed by atoms with Crippen molar-refractivity contribution in [2.45, 2.75) is 6.54 Å². The van der Waals surface area contributed by atoms with Gasteiger partial charge in [-0.05, 0) is 39.8 Å². The molecule has 24 heavy (non-hydrogen) atoms. The minimum atomic E-state index is 0.416. The lowest BCUT2D eigenvalue weighted by Crippen LogP contribution is -2.06. The monoisotopic (exact) mass is 317 g/mol. The third-order valence-electron chi connectivity index (χ3n) is 3.50. The summed E-state index contributed by atoms with van der Waals surface area (Å²) < 4.78 is 6.76. The van der Waals surface area contributed by atoms with Crippen LogP contribution in [0, 0.1) is 11.3 Å². The van der Waals surface area contributed by atoms with E-state index in [1.54, 1.807) is 17.9 Å². The summed E-state index contributed by atoms with van der Waals surface area (Å²) in [4.78, 5) is 0. The molecule has 3 rings (SSSR count). The van der Waals surface area contributed by atoms with Crippen LogP contribution in [0.5, 0.6) is 5.75 Å². The predicted molar refractivity (Wildman–Crippen MR) is 89.8 cm³/mol. The molecule has 0 bridgehead atoms. The van der Waals surface area contributed by atoms with Crippen LogP contribution in [-0.4, -0.2) is 27.3 Å². The molecule has 2 aromatic carbocycles. The van der Waals surface area contributed by atoms with Crippen LogP contribution in [0.3, 0.4) is 0 Å². The summed E-state index contributed by atoms with van der Waals surface area (Å²) in [5.74, 6) is 1.23. The molecule has 0 saturated heterocycles. The van der Waals surface area contributed by atoms with Crippen LogP contribution in [0.4, 0.5) is 0 Å². The number of ether oxygens (including phenoxy) is 1. The summed E-state index contributed by atoms with van der Waals surface area (Å²) in [5, 5.41) is 21.2. The smallest absolute Gasteiger partial charge is 0.193 e. The number of nitriles is 1. The fourth-order valence-electron chi connectivity index (χ4n) is 2.27. The molecule has 0 unspecified atom stereocenters. The highest BCUT2D eigenvalue weighted by Gasteiger charge is 2.12. The molecule has 1 heterocycles. The van der Waals surface area contributed by atoms with Crippen LogP contribution < -0.4 is 4.74 Å². The summed E-state index contributed by atoms with van der Waals surface area (Å²) in [6.07, 6.45) is 1.77. The molecule has 0 amide bonds. The largest absolute Gasteiger partial charge is 0.497 e. The molecule has 0 spiro atoms. The molecule has 3 aromatic rings. The molecule has 6 heteroatoms. The lowest BCUT2D eigenvalue weighted by Gasteiger charge is -2.05. The van der Waals surface area contributed by atoms with Gasteiger partial charge in [0.1, 0.15) is 11.8 Å². The number of benzene rings is 2. The Morgan fingerprint density at radius 1 is 1.17 bits per heavy atom. The van der Waals surface area contributed by atoms with E-state index < -0.39 is 0 Å². The topological polar surface area (TPSA) is 76.6 Å². The third kappa shape index (κ3) is 3.47. The Morgan fingerprint density at radius 3 is 2.58 bits per heavy atom. The molecule has 0 aliphatic rings. The molecule has 6 nitrogen and oxygen atoms in total. The molecule has 0 N–H and O–H groups in total. The first-order chi connectivity index (χ1) is 11.8. The first kappa shape index (κ1) is 15.4. The molecule has 118 valence electrons. The average Bonchev–Trinajstić information content (AvgIpc) is 3.09. The average molecular weight is 317 g/mol. The van der Waals surface area contributed by atoms with Crippen molar-refractivity contribution in [3.05, 3.63) is 71.5 Å². The first-order valence-corrected chi connectivity index (χ1v) is 7.36. The Kier molecular flexibility index (Phi) is 4.63. The van der Waals surface area contributed by atoms with Crippen molar-refractivity contribution in [3.63, 3.8) is 0 Å². The van der Waals surface area contributed by atoms with E-state index >= 15 is 0 Å². The van der Waals surface area contributed by atoms with E-state index in [0.717, 1.165) is 16.9 Å². The molecule has 0 fully saturated rings. The van der Waals surface area contributed by atoms with Crippen molar-refractivity contribution in [3.8, 4) is 11.8 Å². The van der Waals surface area contributed by atoms with Crippen molar-refractivity contribution >= 4 is 11.6 Å². The number of aromatic nitrogens is 4. The van der Waals surface area contributed by atoms with E-state index in [4.69, 9.17) is 4.74 Å². The van der Waals surface area contributed by atoms with Gasteiger partial charge in [-0.2, -0.15) is 5.26 Å². The molecule has 0 radical (unpaired) electrons. The molecule has 0 aliphatic carbocycles. The summed E-state index contributed by atoms with van der Waals surface area (Å²) in [6, 6.07) is 19.4. The van der Waals surface area contributed by atoms with Crippen LogP contribution in [0.1, 0.15) is 17.0 Å². The Balaban J connectivity index is 1.88. The Morgan fingerprint density at radius 2 is 1.92 bits per heavy atom. The van der Waals surface area contributed by atoms with Gasteiger partial charge in [-0.15, -0.1) is 5.10 Å². The van der Waals surface area contributed by atoms with Crippen molar-refractivity contribution < 1.29 is 4.74 Å². The van der Waals surface area contributed by atoms with Gasteiger partial charge in [-0.1, -0.05) is 42.5 Å². The number of nitrogens with zero attached hydrogens (tertiary/aromatic N) is 5. The highest BCUT2D eigenvalue weighted by atomic mass is 16.5. The Hall–Kier alpha value is -3.46. The predicted octanol–water partition coefficient (Wildman–Crippen LogP) is 2.79. The number of tetrazole rings is 1. The van der Waals surface area contributed by atoms with Gasteiger partial charge in [-0.3, -0.25) is 0 Å². The highest BCUT2D eigenvalue weighted by molar-refractivity contribution is 5.86. The quantitative estimate of drug-likeness (QED) is 0.676. The number of rotatable bonds is 5. The lowest BCUT2D eigenvalue weighted by atomic mass is 10.1. The minimum Gasteiger partial charge on any atom is -0.497 e. The summed E-state index contributed by atoms with van der Waals surface area (Å²) in [6.45, 7) is 0.472. The van der Waals surface area contributed by atoms with E-state index in [0.29, 0.717) is 17.9 Å². The maximum atomic E-state index is 9.47. The summed E-state index contributed by atoms with van der Waals surface area (Å²) in [5.41, 5.74) is 2.36. The lowest BCUT2D eigenvalue weighted by molar-refractivity contribution is 0.414. The Bertz CT molecular complexity index is 876. The van der Waals surface area contributed by atoms with Gasteiger partial charge in [0, 0.05) is 0 Å². The molecule has 0 saturated carbocycles. The molecular weight excluding hydrogens is 302 g/mol. The van der Waals surface area contributed by atoms with Crippen LogP contribution >= 0.6 is 0 Å². The second kappa shape index (κ2) is 7.20. The van der Waals surface area contributed by atoms with E-state index in [-0.39, 0.29) is 0 Å². The van der Waals surface area contributed by atoms with E-state index in [9.17, 15) is 5.26 Å². The van der Waals surface area contributed by atoms with E-state index in [2.05, 4.69) is 21.6 Å². The fraction of sp³-hybridized carbons (Fsp3) is 0.111. The van der Waals surface area contributed by atoms with Crippen molar-refractivity contribution in [1.29, 1.82) is 5.26 Å². The maximum Gasteiger partial charge on any atom is 0.193 e. The third-order valence-corrected chi connectivity index (χ3v) is 3.50. The standard InChI is InChI=1S/C18H15N5O/c1-24-17-9-7-15(8-10-17)13-23-18(20-21-22-23)16(12-19)11-14-5-3-2-4-6-14/h2-11H,13H2,1H3. The highest BCUT2D eigenvalue weighted by Crippen LogP contribution is 2.17. The maximum absolute atomic E-state index is 9.47. The fourth-order valence-corrected chi connectivity index (χ4v) is 2.27. The molecular formula is C18H15N5O. The summed E-state index contributed by atoms with van der Waals surface area (Å²) in [7, 11) is 1.63. The number of allylic oxidation sites excluding steroid dienone is 1. The van der Waals surface area contributed by atoms with Crippen molar-refractivity contribution in [2.24, 2.45) is 0 Å². The van der Waals surface area contributed by atoms with E-state index in [1.807, 2.05) is 54.6 Å². The Labute approximate surface area is 139 Å². The number of hydrogen-bond donors (Lipinski definition) is 0. The van der Waals surface area contributed by atoms with Gasteiger partial charge in [0.15, 0.2) is 5.82 Å². The normalized spacial score (nSPS) is 11.1. The van der Waals surface area contributed by atoms with Gasteiger partial charge >= 0.3 is 0 Å². The molecule has 1 aromatic heterocycles. The van der Waals surface area contributed by atoms with Crippen molar-refractivity contribution in [2.75, 3.05) is 7.11 Å². The van der Waals surface area contributed by atoms with Crippen LogP contribution in [-0.2, 0) is 6.54 Å². The van der Waals surface area contributed by atoms with Gasteiger partial charge in [-0.25, -0.2) is 4.68 Å². The van der Waals surface area contributed by atoms with Crippen LogP contribution in [0.15, 0.2) is 54.6 Å². The zero-order valence-corrected chi connectivity index (χ0v) is 13.1. The first-order valence-electron chi connectivity index (χ1n) is 7.36.